The summed E-state index contributed by atoms with van der Waals surface area (Å²) in [7, 11) is 0. The molecule has 1 fully saturated rings. The lowest BCUT2D eigenvalue weighted by molar-refractivity contribution is -0.137. The summed E-state index contributed by atoms with van der Waals surface area (Å²) in [6.45, 7) is 0.165. The minimum absolute atomic E-state index is 0.165. The Balaban J connectivity index is 1.71. The number of aliphatic hydroxyl groups is 1. The van der Waals surface area contributed by atoms with Crippen LogP contribution in [0.3, 0.4) is 0 Å². The average molecular weight is 333 g/mol. The third kappa shape index (κ3) is 2.28. The van der Waals surface area contributed by atoms with Crippen molar-refractivity contribution >= 4 is 17.6 Å². The molecule has 0 spiro atoms. The van der Waals surface area contributed by atoms with Crippen LogP contribution in [0.25, 0.3) is 11.9 Å². The van der Waals surface area contributed by atoms with Gasteiger partial charge in [-0.15, -0.1) is 0 Å². The van der Waals surface area contributed by atoms with Crippen molar-refractivity contribution in [1.82, 2.24) is 10.7 Å². The first-order chi connectivity index (χ1) is 11.4. The first-order valence-electron chi connectivity index (χ1n) is 7.38. The Kier molecular flexibility index (Phi) is 3.05. The SMILES string of the molecule is OC12CN(c3ccc(C(F)(F)F)cc3)NC1=c1ccccc1=CN2. The molecule has 4 rings (SSSR count). The molecule has 3 N–H and O–H groups in total. The predicted octanol–water partition coefficient (Wildman–Crippen LogP) is 0.868. The summed E-state index contributed by atoms with van der Waals surface area (Å²) in [5.74, 6) is 0. The Labute approximate surface area is 135 Å². The molecule has 2 heterocycles. The number of hydrogen-bond acceptors (Lipinski definition) is 4. The van der Waals surface area contributed by atoms with Crippen molar-refractivity contribution in [2.24, 2.45) is 0 Å². The molecule has 0 aliphatic carbocycles. The third-order valence-electron chi connectivity index (χ3n) is 4.25. The van der Waals surface area contributed by atoms with Crippen LogP contribution in [0.1, 0.15) is 5.56 Å². The molecule has 0 aromatic heterocycles. The Morgan fingerprint density at radius 2 is 1.75 bits per heavy atom. The molecule has 1 atom stereocenters. The van der Waals surface area contributed by atoms with E-state index in [0.29, 0.717) is 11.4 Å². The molecule has 1 saturated heterocycles. The predicted molar refractivity (Wildman–Crippen MR) is 83.6 cm³/mol. The van der Waals surface area contributed by atoms with Crippen LogP contribution >= 0.6 is 0 Å². The van der Waals surface area contributed by atoms with Crippen LogP contribution in [0, 0.1) is 0 Å². The molecule has 2 aliphatic rings. The summed E-state index contributed by atoms with van der Waals surface area (Å²) < 4.78 is 38.0. The van der Waals surface area contributed by atoms with Crippen LogP contribution in [0.2, 0.25) is 0 Å². The maximum Gasteiger partial charge on any atom is 0.416 e. The summed E-state index contributed by atoms with van der Waals surface area (Å²) in [6, 6.07) is 12.4. The number of halogens is 3. The molecular weight excluding hydrogens is 319 g/mol. The van der Waals surface area contributed by atoms with Gasteiger partial charge in [-0.05, 0) is 29.5 Å². The fourth-order valence-corrected chi connectivity index (χ4v) is 3.01. The van der Waals surface area contributed by atoms with Gasteiger partial charge in [-0.1, -0.05) is 24.3 Å². The van der Waals surface area contributed by atoms with Crippen LogP contribution < -0.4 is 26.2 Å². The fourth-order valence-electron chi connectivity index (χ4n) is 3.01. The second-order valence-corrected chi connectivity index (χ2v) is 5.85. The minimum Gasteiger partial charge on any atom is -0.364 e. The number of alkyl halides is 3. The number of fused-ring (bicyclic) bond motifs is 2. The van der Waals surface area contributed by atoms with Crippen LogP contribution in [-0.2, 0) is 6.18 Å². The Bertz CT molecular complexity index is 908. The number of β-amino-alcohol motifs (C(OH)–C–C–N with tert-alkyl or cyclic N) is 1. The van der Waals surface area contributed by atoms with Crippen LogP contribution in [0.5, 0.6) is 0 Å². The fraction of sp³-hybridized carbons (Fsp3) is 0.176. The van der Waals surface area contributed by atoms with E-state index in [0.717, 1.165) is 22.6 Å². The standard InChI is InChI=1S/C17H14F3N3O/c18-17(19,20)12-5-7-13(8-6-12)23-10-16(24)15(22-23)14-4-2-1-3-11(14)9-21-16/h1-9,21-22,24H,10H2. The zero-order chi connectivity index (χ0) is 16.9. The van der Waals surface area contributed by atoms with E-state index < -0.39 is 17.5 Å². The highest BCUT2D eigenvalue weighted by Gasteiger charge is 2.42. The van der Waals surface area contributed by atoms with Crippen molar-refractivity contribution in [3.63, 3.8) is 0 Å². The van der Waals surface area contributed by atoms with Gasteiger partial charge in [0.25, 0.3) is 0 Å². The van der Waals surface area contributed by atoms with Crippen molar-refractivity contribution in [3.8, 4) is 0 Å². The lowest BCUT2D eigenvalue weighted by Gasteiger charge is -2.25. The summed E-state index contributed by atoms with van der Waals surface area (Å²) in [5, 5.41) is 17.2. The third-order valence-corrected chi connectivity index (χ3v) is 4.25. The molecule has 2 aromatic carbocycles. The molecule has 24 heavy (non-hydrogen) atoms. The van der Waals surface area contributed by atoms with Gasteiger partial charge < -0.3 is 10.4 Å². The van der Waals surface area contributed by atoms with Crippen LogP contribution in [0.15, 0.2) is 48.5 Å². The second-order valence-electron chi connectivity index (χ2n) is 5.85. The number of rotatable bonds is 1. The lowest BCUT2D eigenvalue weighted by atomic mass is 10.0. The van der Waals surface area contributed by atoms with Gasteiger partial charge in [0.15, 0.2) is 5.72 Å². The number of nitrogens with one attached hydrogen (secondary N) is 2. The smallest absolute Gasteiger partial charge is 0.364 e. The van der Waals surface area contributed by atoms with E-state index in [1.165, 1.54) is 12.1 Å². The quantitative estimate of drug-likeness (QED) is 0.725. The summed E-state index contributed by atoms with van der Waals surface area (Å²) in [4.78, 5) is 0. The summed E-state index contributed by atoms with van der Waals surface area (Å²) >= 11 is 0. The summed E-state index contributed by atoms with van der Waals surface area (Å²) in [6.07, 6.45) is -2.63. The average Bonchev–Trinajstić information content (AvgIpc) is 2.92. The highest BCUT2D eigenvalue weighted by atomic mass is 19.4. The van der Waals surface area contributed by atoms with Crippen LogP contribution in [0.4, 0.5) is 18.9 Å². The molecule has 0 saturated carbocycles. The van der Waals surface area contributed by atoms with Gasteiger partial charge in [-0.25, -0.2) is 0 Å². The van der Waals surface area contributed by atoms with E-state index in [1.807, 2.05) is 24.3 Å². The van der Waals surface area contributed by atoms with Crippen molar-refractivity contribution in [2.75, 3.05) is 11.6 Å². The summed E-state index contributed by atoms with van der Waals surface area (Å²) in [5.41, 5.74) is 2.21. The Hall–Kier alpha value is -2.67. The molecular formula is C17H14F3N3O. The van der Waals surface area contributed by atoms with Crippen molar-refractivity contribution in [2.45, 2.75) is 11.9 Å². The van der Waals surface area contributed by atoms with Gasteiger partial charge in [0, 0.05) is 11.4 Å². The maximum absolute atomic E-state index is 12.7. The first-order valence-corrected chi connectivity index (χ1v) is 7.38. The number of hydrogen-bond donors (Lipinski definition) is 3. The number of hydrazine groups is 1. The minimum atomic E-state index is -4.37. The molecule has 0 amide bonds. The van der Waals surface area contributed by atoms with E-state index in [9.17, 15) is 18.3 Å². The Morgan fingerprint density at radius 1 is 1.04 bits per heavy atom. The number of anilines is 1. The molecule has 1 unspecified atom stereocenters. The zero-order valence-corrected chi connectivity index (χ0v) is 12.4. The van der Waals surface area contributed by atoms with Gasteiger partial charge >= 0.3 is 6.18 Å². The number of benzene rings is 2. The van der Waals surface area contributed by atoms with Crippen LogP contribution in [-0.4, -0.2) is 17.4 Å². The molecule has 2 aliphatic heterocycles. The molecule has 0 bridgehead atoms. The topological polar surface area (TPSA) is 47.5 Å². The second kappa shape index (κ2) is 4.91. The normalized spacial score (nSPS) is 22.2. The van der Waals surface area contributed by atoms with Crippen molar-refractivity contribution < 1.29 is 18.3 Å². The number of nitrogens with zero attached hydrogens (tertiary/aromatic N) is 1. The largest absolute Gasteiger partial charge is 0.416 e. The highest BCUT2D eigenvalue weighted by molar-refractivity contribution is 5.66. The zero-order valence-electron chi connectivity index (χ0n) is 12.4. The van der Waals surface area contributed by atoms with E-state index in [-0.39, 0.29) is 6.54 Å². The lowest BCUT2D eigenvalue weighted by Crippen LogP contribution is -2.53. The van der Waals surface area contributed by atoms with E-state index in [4.69, 9.17) is 0 Å². The molecule has 0 radical (unpaired) electrons. The first kappa shape index (κ1) is 14.9. The Morgan fingerprint density at radius 3 is 2.46 bits per heavy atom. The molecule has 7 heteroatoms. The monoisotopic (exact) mass is 333 g/mol. The van der Waals surface area contributed by atoms with Crippen molar-refractivity contribution in [1.29, 1.82) is 0 Å². The molecule has 4 nitrogen and oxygen atoms in total. The maximum atomic E-state index is 12.7. The van der Waals surface area contributed by atoms with E-state index in [2.05, 4.69) is 10.7 Å². The molecule has 2 aromatic rings. The van der Waals surface area contributed by atoms with Gasteiger partial charge in [-0.2, -0.15) is 13.2 Å². The highest BCUT2D eigenvalue weighted by Crippen LogP contribution is 2.32. The van der Waals surface area contributed by atoms with E-state index >= 15 is 0 Å². The van der Waals surface area contributed by atoms with Gasteiger partial charge in [0.1, 0.15) is 0 Å². The van der Waals surface area contributed by atoms with Gasteiger partial charge in [0.2, 0.25) is 0 Å². The van der Waals surface area contributed by atoms with E-state index in [1.54, 1.807) is 11.2 Å². The van der Waals surface area contributed by atoms with Gasteiger partial charge in [0.05, 0.1) is 23.5 Å². The van der Waals surface area contributed by atoms with Crippen molar-refractivity contribution in [3.05, 3.63) is 64.5 Å². The van der Waals surface area contributed by atoms with Gasteiger partial charge in [-0.3, -0.25) is 10.4 Å². The molecule has 124 valence electrons.